The van der Waals surface area contributed by atoms with Crippen LogP contribution < -0.4 is 4.74 Å². The lowest BCUT2D eigenvalue weighted by molar-refractivity contribution is -0.460. The fraction of sp³-hybridized carbons (Fsp3) is 0.800. The predicted octanol–water partition coefficient (Wildman–Crippen LogP) is 8.02. The van der Waals surface area contributed by atoms with E-state index < -0.39 is 5.97 Å². The van der Waals surface area contributed by atoms with Crippen LogP contribution in [0.3, 0.4) is 0 Å². The van der Waals surface area contributed by atoms with Crippen molar-refractivity contribution in [2.24, 2.45) is 0 Å². The zero-order valence-electron chi connectivity index (χ0n) is 31.9. The molecule has 11 nitrogen and oxygen atoms in total. The monoisotopic (exact) mass is 720 g/mol. The molecule has 1 aromatic heterocycles. The summed E-state index contributed by atoms with van der Waals surface area (Å²) in [7, 11) is 0. The first-order chi connectivity index (χ1) is 25.2. The first-order valence-corrected chi connectivity index (χ1v) is 20.1. The van der Waals surface area contributed by atoms with Gasteiger partial charge in [-0.25, -0.2) is 9.97 Å². The summed E-state index contributed by atoms with van der Waals surface area (Å²) in [5, 5.41) is 8.72. The fourth-order valence-electron chi connectivity index (χ4n) is 5.84. The minimum Gasteiger partial charge on any atom is -0.481 e. The smallest absolute Gasteiger partial charge is 0.316 e. The molecule has 2 rings (SSSR count). The molecule has 51 heavy (non-hydrogen) atoms. The van der Waals surface area contributed by atoms with Crippen molar-refractivity contribution < 1.29 is 38.2 Å². The Hall–Kier alpha value is -2.60. The summed E-state index contributed by atoms with van der Waals surface area (Å²) >= 11 is 0. The van der Waals surface area contributed by atoms with Crippen molar-refractivity contribution >= 4 is 12.2 Å². The molecule has 1 aliphatic heterocycles. The number of aliphatic carboxylic acids is 1. The molecule has 1 aromatic rings. The molecule has 0 spiro atoms. The number of carbonyl (C=O) groups is 1. The molecule has 1 atom stereocenters. The Morgan fingerprint density at radius 3 is 1.90 bits per heavy atom. The van der Waals surface area contributed by atoms with E-state index >= 15 is 0 Å². The van der Waals surface area contributed by atoms with Crippen molar-refractivity contribution in [1.29, 1.82) is 0 Å². The van der Waals surface area contributed by atoms with E-state index in [1.54, 1.807) is 18.5 Å². The third-order valence-electron chi connectivity index (χ3n) is 8.85. The van der Waals surface area contributed by atoms with Crippen LogP contribution in [0.2, 0.25) is 0 Å². The van der Waals surface area contributed by atoms with Gasteiger partial charge >= 0.3 is 12.0 Å². The lowest BCUT2D eigenvalue weighted by atomic mass is 10.0. The summed E-state index contributed by atoms with van der Waals surface area (Å²) in [5.41, 5.74) is 0. The van der Waals surface area contributed by atoms with Crippen molar-refractivity contribution in [1.82, 2.24) is 14.9 Å². The maximum absolute atomic E-state index is 10.6. The lowest BCUT2D eigenvalue weighted by Gasteiger charge is -2.18. The first kappa shape index (κ1) is 44.6. The van der Waals surface area contributed by atoms with Crippen LogP contribution in [0, 0.1) is 0 Å². The highest BCUT2D eigenvalue weighted by molar-refractivity contribution is 5.66. The van der Waals surface area contributed by atoms with E-state index in [1.165, 1.54) is 96.3 Å². The third-order valence-corrected chi connectivity index (χ3v) is 8.85. The summed E-state index contributed by atoms with van der Waals surface area (Å²) in [6.07, 6.45) is 33.7. The van der Waals surface area contributed by atoms with Gasteiger partial charge in [0.15, 0.2) is 6.20 Å². The normalized spacial score (nSPS) is 14.1. The summed E-state index contributed by atoms with van der Waals surface area (Å²) in [5.74, 6) is -0.730. The third kappa shape index (κ3) is 27.7. The fourth-order valence-corrected chi connectivity index (χ4v) is 5.84. The molecular formula is C40H71N4O7+. The minimum absolute atomic E-state index is 0.235. The largest absolute Gasteiger partial charge is 0.481 e. The molecule has 2 heterocycles. The number of hydrogen-bond donors (Lipinski definition) is 1. The highest BCUT2D eigenvalue weighted by atomic mass is 16.6. The van der Waals surface area contributed by atoms with Gasteiger partial charge in [-0.3, -0.25) is 4.79 Å². The van der Waals surface area contributed by atoms with Crippen molar-refractivity contribution in [2.45, 2.75) is 141 Å². The van der Waals surface area contributed by atoms with Crippen molar-refractivity contribution in [3.63, 3.8) is 0 Å². The summed E-state index contributed by atoms with van der Waals surface area (Å²) < 4.78 is 31.3. The van der Waals surface area contributed by atoms with Crippen molar-refractivity contribution in [3.05, 3.63) is 30.9 Å². The van der Waals surface area contributed by atoms with Crippen LogP contribution in [0.25, 0.3) is 0 Å². The molecule has 292 valence electrons. The summed E-state index contributed by atoms with van der Waals surface area (Å²) in [6, 6.07) is 2.09. The molecule has 1 aliphatic rings. The molecule has 0 radical (unpaired) electrons. The Bertz CT molecular complexity index is 998. The van der Waals surface area contributed by atoms with Gasteiger partial charge in [-0.1, -0.05) is 103 Å². The molecule has 0 amide bonds. The number of carboxylic acid groups (broad SMARTS) is 1. The Morgan fingerprint density at radius 1 is 0.745 bits per heavy atom. The van der Waals surface area contributed by atoms with E-state index in [0.29, 0.717) is 58.7 Å². The van der Waals surface area contributed by atoms with Crippen LogP contribution >= 0.6 is 0 Å². The topological polar surface area (TPSA) is 115 Å². The highest BCUT2D eigenvalue weighted by Crippen LogP contribution is 2.14. The van der Waals surface area contributed by atoms with Gasteiger partial charge in [0, 0.05) is 38.4 Å². The SMILES string of the molecule is CCCCCCCCCCCCCCCCCCOCC(COCCOCCOCCN1C=C[N+](=CCCCCC(=O)O)C1)Oc1ncccn1. The standard InChI is InChI=1S/C40H70N4O7/c1-2-3-4-5-6-7-8-9-10-11-12-13-14-15-16-20-29-49-35-38(51-40-41-23-21-24-42-40)36-50-34-33-48-32-31-47-30-28-44-27-26-43(37-44)25-19-17-18-22-39(45)46/h21,23-27,38H,2-20,22,28-37H2,1H3/p+1. The average Bonchev–Trinajstić information content (AvgIpc) is 3.59. The number of ether oxygens (including phenoxy) is 5. The molecule has 0 saturated heterocycles. The highest BCUT2D eigenvalue weighted by Gasteiger charge is 2.15. The van der Waals surface area contributed by atoms with Crippen molar-refractivity contribution in [3.8, 4) is 6.01 Å². The molecule has 0 saturated carbocycles. The zero-order valence-corrected chi connectivity index (χ0v) is 31.9. The first-order valence-electron chi connectivity index (χ1n) is 20.1. The Morgan fingerprint density at radius 2 is 1.29 bits per heavy atom. The van der Waals surface area contributed by atoms with Crippen LogP contribution in [-0.4, -0.2) is 109 Å². The Labute approximate surface area is 309 Å². The molecule has 0 aromatic carbocycles. The van der Waals surface area contributed by atoms with E-state index in [9.17, 15) is 4.79 Å². The minimum atomic E-state index is -0.730. The number of nitrogens with zero attached hydrogens (tertiary/aromatic N) is 4. The van der Waals surface area contributed by atoms with Gasteiger partial charge in [-0.05, 0) is 25.3 Å². The Balaban J connectivity index is 1.41. The second-order valence-electron chi connectivity index (χ2n) is 13.5. The van der Waals surface area contributed by atoms with E-state index in [0.717, 1.165) is 39.1 Å². The van der Waals surface area contributed by atoms with Gasteiger partial charge in [0.25, 0.3) is 0 Å². The Kier molecular flexibility index (Phi) is 29.1. The van der Waals surface area contributed by atoms with Crippen LogP contribution in [0.4, 0.5) is 0 Å². The second-order valence-corrected chi connectivity index (χ2v) is 13.5. The molecule has 0 aliphatic carbocycles. The van der Waals surface area contributed by atoms with E-state index in [1.807, 2.05) is 6.20 Å². The number of carboxylic acids is 1. The lowest BCUT2D eigenvalue weighted by Crippen LogP contribution is -2.30. The van der Waals surface area contributed by atoms with Crippen LogP contribution in [0.1, 0.15) is 135 Å². The van der Waals surface area contributed by atoms with Gasteiger partial charge in [-0.2, -0.15) is 4.58 Å². The summed E-state index contributed by atoms with van der Waals surface area (Å²) in [6.45, 7) is 7.99. The molecular weight excluding hydrogens is 648 g/mol. The van der Waals surface area contributed by atoms with Crippen LogP contribution in [0.15, 0.2) is 30.9 Å². The van der Waals surface area contributed by atoms with Crippen LogP contribution in [0.5, 0.6) is 6.01 Å². The van der Waals surface area contributed by atoms with Gasteiger partial charge in [0.2, 0.25) is 6.67 Å². The van der Waals surface area contributed by atoms with E-state index in [-0.39, 0.29) is 12.5 Å². The van der Waals surface area contributed by atoms with E-state index in [4.69, 9.17) is 28.8 Å². The predicted molar refractivity (Wildman–Crippen MR) is 202 cm³/mol. The average molecular weight is 720 g/mol. The van der Waals surface area contributed by atoms with Crippen molar-refractivity contribution in [2.75, 3.05) is 66.1 Å². The molecule has 0 fully saturated rings. The second kappa shape index (κ2) is 33.3. The quantitative estimate of drug-likeness (QED) is 0.0536. The summed E-state index contributed by atoms with van der Waals surface area (Å²) in [4.78, 5) is 21.2. The van der Waals surface area contributed by atoms with Gasteiger partial charge in [0.05, 0.1) is 52.4 Å². The van der Waals surface area contributed by atoms with Gasteiger partial charge < -0.3 is 33.7 Å². The zero-order chi connectivity index (χ0) is 36.3. The number of hydrogen-bond acceptors (Lipinski definition) is 9. The number of aromatic nitrogens is 2. The number of rotatable bonds is 37. The number of unbranched alkanes of at least 4 members (excludes halogenated alkanes) is 17. The molecule has 0 bridgehead atoms. The molecule has 11 heteroatoms. The van der Waals surface area contributed by atoms with Gasteiger partial charge in [-0.15, -0.1) is 0 Å². The maximum Gasteiger partial charge on any atom is 0.316 e. The maximum atomic E-state index is 10.6. The van der Waals surface area contributed by atoms with E-state index in [2.05, 4.69) is 38.8 Å². The van der Waals surface area contributed by atoms with Crippen LogP contribution in [-0.2, 0) is 23.7 Å². The molecule has 1 unspecified atom stereocenters. The molecule has 1 N–H and O–H groups in total. The van der Waals surface area contributed by atoms with Gasteiger partial charge in [0.1, 0.15) is 12.3 Å².